The van der Waals surface area contributed by atoms with E-state index in [-0.39, 0.29) is 31.8 Å². The fraction of sp³-hybridized carbons (Fsp3) is 0.609. The third-order valence-electron chi connectivity index (χ3n) is 5.38. The molecule has 0 saturated heterocycles. The number of carboxylic acids is 1. The Kier molecular flexibility index (Phi) is 20.3. The summed E-state index contributed by atoms with van der Waals surface area (Å²) in [5, 5.41) is 38.9. The molecule has 1 aromatic heterocycles. The predicted octanol–water partition coefficient (Wildman–Crippen LogP) is -5.14. The average molecular weight is 634 g/mol. The molecular formula is C23H43N11O8S. The Labute approximate surface area is 252 Å². The van der Waals surface area contributed by atoms with Gasteiger partial charge >= 0.3 is 5.97 Å². The molecular weight excluding hydrogens is 590 g/mol. The number of rotatable bonds is 19. The first-order chi connectivity index (χ1) is 20.4. The number of unbranched alkanes of at least 4 members (excludes halogenated alkanes) is 1. The third-order valence-corrected chi connectivity index (χ3v) is 5.99. The lowest BCUT2D eigenvalue weighted by atomic mass is 10.1. The lowest BCUT2D eigenvalue weighted by Gasteiger charge is -2.22. The van der Waals surface area contributed by atoms with Crippen LogP contribution in [0.25, 0.3) is 0 Å². The maximum atomic E-state index is 12.6. The van der Waals surface area contributed by atoms with Crippen molar-refractivity contribution in [2.45, 2.75) is 56.3 Å². The number of amides is 4. The van der Waals surface area contributed by atoms with Gasteiger partial charge in [0.15, 0.2) is 11.1 Å². The minimum absolute atomic E-state index is 0.0108. The number of guanidine groups is 1. The van der Waals surface area contributed by atoms with Crippen molar-refractivity contribution in [1.29, 1.82) is 0 Å². The topological polar surface area (TPSA) is 350 Å². The number of hydrogen-bond donors (Lipinski definition) is 12. The molecule has 1 aromatic rings. The molecule has 0 saturated carbocycles. The summed E-state index contributed by atoms with van der Waals surface area (Å²) < 4.78 is 0. The van der Waals surface area contributed by atoms with Crippen molar-refractivity contribution in [1.82, 2.24) is 26.3 Å². The molecule has 19 nitrogen and oxygen atoms in total. The molecule has 0 unspecified atom stereocenters. The van der Waals surface area contributed by atoms with E-state index in [0.717, 1.165) is 0 Å². The minimum atomic E-state index is -1.59. The first-order valence-corrected chi connectivity index (χ1v) is 14.0. The van der Waals surface area contributed by atoms with Gasteiger partial charge in [0, 0.05) is 18.1 Å². The minimum Gasteiger partial charge on any atom is -0.480 e. The second-order valence-electron chi connectivity index (χ2n) is 8.87. The molecule has 1 rings (SSSR count). The predicted molar refractivity (Wildman–Crippen MR) is 158 cm³/mol. The van der Waals surface area contributed by atoms with Crippen LogP contribution in [0.4, 0.5) is 5.13 Å². The van der Waals surface area contributed by atoms with Crippen molar-refractivity contribution in [3.05, 3.63) is 11.6 Å². The highest BCUT2D eigenvalue weighted by molar-refractivity contribution is 7.13. The van der Waals surface area contributed by atoms with Crippen molar-refractivity contribution in [2.24, 2.45) is 27.9 Å². The molecule has 0 aliphatic rings. The highest BCUT2D eigenvalue weighted by atomic mass is 32.1. The molecule has 0 aliphatic carbocycles. The standard InChI is InChI=1S/C20H39N9O8.C3H4N2S/c21-6-2-1-4-12(28-16(33)11(22)9-30)17(34)26-8-15(32)27-13(5-3-7-25-20(23)24)18(35)29-14(10-31)19(36)37;4-3-5-1-2-6-3/h11-14,30-31H,1-10,21-22H2,(H,26,34)(H,27,32)(H,28,33)(H,29,35)(H,36,37)(H4,23,24,25);1-2H,(H2,4,5)/t11-,12-,13-,14-;/m0./s1. The summed E-state index contributed by atoms with van der Waals surface area (Å²) in [5.74, 6) is -4.77. The van der Waals surface area contributed by atoms with Crippen LogP contribution < -0.4 is 49.9 Å². The fourth-order valence-electron chi connectivity index (χ4n) is 3.12. The summed E-state index contributed by atoms with van der Waals surface area (Å²) >= 11 is 1.44. The van der Waals surface area contributed by atoms with Crippen molar-refractivity contribution in [3.63, 3.8) is 0 Å². The highest BCUT2D eigenvalue weighted by Crippen LogP contribution is 2.03. The Hall–Kier alpha value is -4.11. The number of carbonyl (C=O) groups is 5. The summed E-state index contributed by atoms with van der Waals surface area (Å²) in [6.45, 7) is -1.58. The molecule has 0 radical (unpaired) electrons. The third kappa shape index (κ3) is 18.1. The van der Waals surface area contributed by atoms with Gasteiger partial charge in [0.25, 0.3) is 0 Å². The van der Waals surface area contributed by atoms with Crippen LogP contribution in [0.1, 0.15) is 32.1 Å². The van der Waals surface area contributed by atoms with Gasteiger partial charge in [-0.15, -0.1) is 11.3 Å². The molecule has 0 aromatic carbocycles. The highest BCUT2D eigenvalue weighted by Gasteiger charge is 2.27. The number of carbonyl (C=O) groups excluding carboxylic acids is 4. The van der Waals surface area contributed by atoms with Gasteiger partial charge in [-0.3, -0.25) is 24.2 Å². The monoisotopic (exact) mass is 633 g/mol. The lowest BCUT2D eigenvalue weighted by molar-refractivity contribution is -0.143. The number of hydrogen-bond acceptors (Lipinski definition) is 13. The molecule has 20 heteroatoms. The van der Waals surface area contributed by atoms with Gasteiger partial charge in [0.05, 0.1) is 19.8 Å². The Morgan fingerprint density at radius 1 is 0.907 bits per heavy atom. The first kappa shape index (κ1) is 38.9. The summed E-state index contributed by atoms with van der Waals surface area (Å²) in [6, 6.07) is -5.11. The van der Waals surface area contributed by atoms with E-state index in [4.69, 9.17) is 44.0 Å². The van der Waals surface area contributed by atoms with Crippen LogP contribution in [-0.4, -0.2) is 113 Å². The van der Waals surface area contributed by atoms with Crippen LogP contribution in [-0.2, 0) is 24.0 Å². The van der Waals surface area contributed by atoms with E-state index in [9.17, 15) is 24.0 Å². The zero-order chi connectivity index (χ0) is 32.8. The fourth-order valence-corrected chi connectivity index (χ4v) is 3.51. The number of nitrogens with zero attached hydrogens (tertiary/aromatic N) is 2. The molecule has 0 spiro atoms. The Morgan fingerprint density at radius 3 is 2.02 bits per heavy atom. The molecule has 0 bridgehead atoms. The van der Waals surface area contributed by atoms with E-state index in [0.29, 0.717) is 24.5 Å². The number of aliphatic carboxylic acids is 1. The molecule has 0 fully saturated rings. The maximum Gasteiger partial charge on any atom is 0.328 e. The van der Waals surface area contributed by atoms with Crippen molar-refractivity contribution < 1.29 is 39.3 Å². The number of anilines is 1. The van der Waals surface area contributed by atoms with Crippen LogP contribution in [0.5, 0.6) is 0 Å². The van der Waals surface area contributed by atoms with Gasteiger partial charge in [0.1, 0.15) is 24.2 Å². The largest absolute Gasteiger partial charge is 0.480 e. The van der Waals surface area contributed by atoms with E-state index in [1.165, 1.54) is 11.3 Å². The number of thiazole rings is 1. The Balaban J connectivity index is 0.00000259. The van der Waals surface area contributed by atoms with Crippen molar-refractivity contribution in [2.75, 3.05) is 38.6 Å². The zero-order valence-electron chi connectivity index (χ0n) is 23.6. The van der Waals surface area contributed by atoms with Gasteiger partial charge in [-0.05, 0) is 38.6 Å². The number of aromatic nitrogens is 1. The lowest BCUT2D eigenvalue weighted by Crippen LogP contribution is -2.55. The molecule has 4 amide bonds. The van der Waals surface area contributed by atoms with Crippen LogP contribution in [0, 0.1) is 0 Å². The molecule has 17 N–H and O–H groups in total. The molecule has 43 heavy (non-hydrogen) atoms. The number of carboxylic acid groups (broad SMARTS) is 1. The molecule has 244 valence electrons. The summed E-state index contributed by atoms with van der Waals surface area (Å²) in [6.07, 6.45) is 3.19. The van der Waals surface area contributed by atoms with Crippen LogP contribution in [0.2, 0.25) is 0 Å². The van der Waals surface area contributed by atoms with Crippen molar-refractivity contribution in [3.8, 4) is 0 Å². The summed E-state index contributed by atoms with van der Waals surface area (Å²) in [7, 11) is 0. The van der Waals surface area contributed by atoms with E-state index in [1.807, 2.05) is 5.38 Å². The normalized spacial score (nSPS) is 13.1. The Morgan fingerprint density at radius 2 is 1.53 bits per heavy atom. The average Bonchev–Trinajstić information content (AvgIpc) is 3.45. The van der Waals surface area contributed by atoms with Gasteiger partial charge in [-0.2, -0.15) is 0 Å². The quantitative estimate of drug-likeness (QED) is 0.0385. The van der Waals surface area contributed by atoms with E-state index >= 15 is 0 Å². The molecule has 4 atom stereocenters. The Bertz CT molecular complexity index is 1020. The van der Waals surface area contributed by atoms with Crippen LogP contribution in [0.15, 0.2) is 16.6 Å². The smallest absolute Gasteiger partial charge is 0.328 e. The van der Waals surface area contributed by atoms with Crippen LogP contribution >= 0.6 is 11.3 Å². The number of aliphatic imine (C=N–C) groups is 1. The van der Waals surface area contributed by atoms with E-state index < -0.39 is 73.5 Å². The van der Waals surface area contributed by atoms with Crippen LogP contribution in [0.3, 0.4) is 0 Å². The van der Waals surface area contributed by atoms with E-state index in [1.54, 1.807) is 6.20 Å². The number of aliphatic hydroxyl groups excluding tert-OH is 2. The first-order valence-electron chi connectivity index (χ1n) is 13.1. The second-order valence-corrected chi connectivity index (χ2v) is 9.80. The van der Waals surface area contributed by atoms with Gasteiger partial charge in [-0.25, -0.2) is 9.78 Å². The molecule has 0 aliphatic heterocycles. The van der Waals surface area contributed by atoms with Crippen molar-refractivity contribution >= 4 is 52.0 Å². The summed E-state index contributed by atoms with van der Waals surface area (Å²) in [5.41, 5.74) is 26.6. The second kappa shape index (κ2) is 22.5. The number of nitrogen functional groups attached to an aromatic ring is 1. The number of nitrogens with one attached hydrogen (secondary N) is 4. The zero-order valence-corrected chi connectivity index (χ0v) is 24.4. The summed E-state index contributed by atoms with van der Waals surface area (Å²) in [4.78, 5) is 68.2. The maximum absolute atomic E-state index is 12.6. The number of nitrogens with two attached hydrogens (primary N) is 5. The van der Waals surface area contributed by atoms with Gasteiger partial charge in [-0.1, -0.05) is 0 Å². The number of aliphatic hydroxyl groups is 2. The van der Waals surface area contributed by atoms with E-state index in [2.05, 4.69) is 31.2 Å². The van der Waals surface area contributed by atoms with Gasteiger partial charge in [0.2, 0.25) is 23.6 Å². The SMILES string of the molecule is NCCCC[C@H](NC(=O)[C@@H](N)CO)C(=O)NCC(=O)N[C@@H](CCCN=C(N)N)C(=O)N[C@@H](CO)C(=O)O.Nc1nccs1. The molecule has 1 heterocycles. The van der Waals surface area contributed by atoms with Gasteiger partial charge < -0.3 is 65.3 Å².